The zero-order valence-corrected chi connectivity index (χ0v) is 12.4. The quantitative estimate of drug-likeness (QED) is 0.762. The molecule has 0 saturated heterocycles. The van der Waals surface area contributed by atoms with E-state index in [-0.39, 0.29) is 0 Å². The second kappa shape index (κ2) is 7.14. The van der Waals surface area contributed by atoms with E-state index in [1.54, 1.807) is 13.3 Å². The van der Waals surface area contributed by atoms with Gasteiger partial charge in [0.1, 0.15) is 0 Å². The van der Waals surface area contributed by atoms with Crippen molar-refractivity contribution in [2.75, 3.05) is 13.7 Å². The number of methoxy groups -OCH3 is 1. The first kappa shape index (κ1) is 13.9. The van der Waals surface area contributed by atoms with Gasteiger partial charge in [-0.25, -0.2) is 0 Å². The number of alkyl halides is 1. The number of halogens is 1. The molecule has 0 atom stereocenters. The Labute approximate surface area is 121 Å². The van der Waals surface area contributed by atoms with E-state index in [4.69, 9.17) is 9.47 Å². The van der Waals surface area contributed by atoms with E-state index >= 15 is 0 Å². The lowest BCUT2D eigenvalue weighted by molar-refractivity contribution is 0.294. The summed E-state index contributed by atoms with van der Waals surface area (Å²) in [6, 6.07) is 11.8. The molecule has 4 heteroatoms. The lowest BCUT2D eigenvalue weighted by atomic mass is 10.2. The second-order valence-corrected chi connectivity index (χ2v) is 4.56. The molecular formula is C15H16BrNO2. The number of hydrogen-bond acceptors (Lipinski definition) is 3. The van der Waals surface area contributed by atoms with Crippen LogP contribution in [0.2, 0.25) is 0 Å². The van der Waals surface area contributed by atoms with Gasteiger partial charge in [-0.15, -0.1) is 0 Å². The van der Waals surface area contributed by atoms with Gasteiger partial charge in [-0.3, -0.25) is 4.98 Å². The fraction of sp³-hybridized carbons (Fsp3) is 0.267. The maximum atomic E-state index is 5.86. The molecule has 1 aromatic heterocycles. The summed E-state index contributed by atoms with van der Waals surface area (Å²) in [5, 5.41) is 0.739. The Morgan fingerprint density at radius 3 is 2.74 bits per heavy atom. The number of para-hydroxylation sites is 1. The third-order valence-corrected chi connectivity index (χ3v) is 3.36. The summed E-state index contributed by atoms with van der Waals surface area (Å²) in [7, 11) is 1.65. The highest BCUT2D eigenvalue weighted by Crippen LogP contribution is 2.32. The molecule has 0 amide bonds. The van der Waals surface area contributed by atoms with Gasteiger partial charge in [-0.1, -0.05) is 34.1 Å². The number of ether oxygens (including phenoxy) is 2. The zero-order valence-electron chi connectivity index (χ0n) is 10.8. The molecule has 0 aliphatic carbocycles. The van der Waals surface area contributed by atoms with Crippen LogP contribution < -0.4 is 9.47 Å². The summed E-state index contributed by atoms with van der Waals surface area (Å²) in [5.74, 6) is 1.57. The van der Waals surface area contributed by atoms with Crippen molar-refractivity contribution in [2.45, 2.75) is 11.8 Å². The molecular weight excluding hydrogens is 306 g/mol. The molecule has 0 saturated carbocycles. The molecule has 1 heterocycles. The Morgan fingerprint density at radius 1 is 1.16 bits per heavy atom. The molecule has 0 fully saturated rings. The summed E-state index contributed by atoms with van der Waals surface area (Å²) in [4.78, 5) is 4.27. The molecule has 0 spiro atoms. The van der Waals surface area contributed by atoms with Crippen LogP contribution in [0, 0.1) is 0 Å². The van der Waals surface area contributed by atoms with E-state index in [0.717, 1.165) is 34.5 Å². The second-order valence-electron chi connectivity index (χ2n) is 4.00. The third kappa shape index (κ3) is 3.70. The molecule has 100 valence electrons. The standard InChI is InChI=1S/C15H16BrNO2/c1-18-14-7-4-5-12(11-16)15(14)19-10-8-13-6-2-3-9-17-13/h2-7,9H,8,10-11H2,1H3. The Bertz CT molecular complexity index is 495. The maximum absolute atomic E-state index is 5.86. The van der Waals surface area contributed by atoms with Crippen LogP contribution in [-0.4, -0.2) is 18.7 Å². The molecule has 0 radical (unpaired) electrons. The van der Waals surface area contributed by atoms with Crippen molar-refractivity contribution in [3.63, 3.8) is 0 Å². The van der Waals surface area contributed by atoms with E-state index in [1.807, 2.05) is 36.4 Å². The van der Waals surface area contributed by atoms with Gasteiger partial charge in [0.15, 0.2) is 11.5 Å². The van der Waals surface area contributed by atoms with E-state index in [1.165, 1.54) is 0 Å². The molecule has 19 heavy (non-hydrogen) atoms. The summed E-state index contributed by atoms with van der Waals surface area (Å²) in [6.45, 7) is 0.581. The van der Waals surface area contributed by atoms with Crippen molar-refractivity contribution in [1.82, 2.24) is 4.98 Å². The van der Waals surface area contributed by atoms with Gasteiger partial charge in [0.25, 0.3) is 0 Å². The number of aromatic nitrogens is 1. The van der Waals surface area contributed by atoms with Crippen LogP contribution in [0.15, 0.2) is 42.6 Å². The summed E-state index contributed by atoms with van der Waals surface area (Å²) in [6.07, 6.45) is 2.57. The van der Waals surface area contributed by atoms with E-state index in [0.29, 0.717) is 6.61 Å². The summed E-state index contributed by atoms with van der Waals surface area (Å²) < 4.78 is 11.2. The van der Waals surface area contributed by atoms with Crippen LogP contribution in [0.5, 0.6) is 11.5 Å². The lowest BCUT2D eigenvalue weighted by Crippen LogP contribution is -2.05. The molecule has 0 aliphatic heterocycles. The summed E-state index contributed by atoms with van der Waals surface area (Å²) >= 11 is 3.46. The Kier molecular flexibility index (Phi) is 5.21. The Hall–Kier alpha value is -1.55. The van der Waals surface area contributed by atoms with Gasteiger partial charge in [0.05, 0.1) is 13.7 Å². The highest BCUT2D eigenvalue weighted by molar-refractivity contribution is 9.08. The van der Waals surface area contributed by atoms with Gasteiger partial charge in [0.2, 0.25) is 0 Å². The number of pyridine rings is 1. The van der Waals surface area contributed by atoms with Crippen molar-refractivity contribution < 1.29 is 9.47 Å². The van der Waals surface area contributed by atoms with Crippen LogP contribution in [0.25, 0.3) is 0 Å². The van der Waals surface area contributed by atoms with Gasteiger partial charge in [-0.05, 0) is 18.2 Å². The monoisotopic (exact) mass is 321 g/mol. The van der Waals surface area contributed by atoms with Crippen molar-refractivity contribution in [1.29, 1.82) is 0 Å². The van der Waals surface area contributed by atoms with Gasteiger partial charge >= 0.3 is 0 Å². The fourth-order valence-electron chi connectivity index (χ4n) is 1.79. The van der Waals surface area contributed by atoms with E-state index < -0.39 is 0 Å². The molecule has 2 aromatic rings. The maximum Gasteiger partial charge on any atom is 0.165 e. The molecule has 1 aromatic carbocycles. The van der Waals surface area contributed by atoms with Crippen molar-refractivity contribution in [3.05, 3.63) is 53.9 Å². The number of rotatable bonds is 6. The molecule has 2 rings (SSSR count). The molecule has 0 bridgehead atoms. The predicted molar refractivity (Wildman–Crippen MR) is 79.1 cm³/mol. The SMILES string of the molecule is COc1cccc(CBr)c1OCCc1ccccn1. The normalized spacial score (nSPS) is 10.2. The Morgan fingerprint density at radius 2 is 2.05 bits per heavy atom. The smallest absolute Gasteiger partial charge is 0.165 e. The lowest BCUT2D eigenvalue weighted by Gasteiger charge is -2.13. The van der Waals surface area contributed by atoms with Crippen LogP contribution in [0.4, 0.5) is 0 Å². The highest BCUT2D eigenvalue weighted by Gasteiger charge is 2.09. The average molecular weight is 322 g/mol. The predicted octanol–water partition coefficient (Wildman–Crippen LogP) is 3.61. The molecule has 3 nitrogen and oxygen atoms in total. The molecule has 0 aliphatic rings. The molecule has 0 unspecified atom stereocenters. The average Bonchev–Trinajstić information content (AvgIpc) is 2.48. The first-order valence-electron chi connectivity index (χ1n) is 6.09. The number of hydrogen-bond donors (Lipinski definition) is 0. The van der Waals surface area contributed by atoms with Crippen LogP contribution in [-0.2, 0) is 11.8 Å². The first-order valence-corrected chi connectivity index (χ1v) is 7.22. The number of nitrogens with zero attached hydrogens (tertiary/aromatic N) is 1. The van der Waals surface area contributed by atoms with Crippen LogP contribution in [0.1, 0.15) is 11.3 Å². The van der Waals surface area contributed by atoms with Crippen LogP contribution >= 0.6 is 15.9 Å². The first-order chi connectivity index (χ1) is 9.35. The highest BCUT2D eigenvalue weighted by atomic mass is 79.9. The third-order valence-electron chi connectivity index (χ3n) is 2.76. The minimum absolute atomic E-state index is 0.581. The van der Waals surface area contributed by atoms with Gasteiger partial charge < -0.3 is 9.47 Å². The van der Waals surface area contributed by atoms with Crippen molar-refractivity contribution in [2.24, 2.45) is 0 Å². The largest absolute Gasteiger partial charge is 0.493 e. The zero-order chi connectivity index (χ0) is 13.5. The van der Waals surface area contributed by atoms with Gasteiger partial charge in [-0.2, -0.15) is 0 Å². The van der Waals surface area contributed by atoms with Crippen molar-refractivity contribution in [3.8, 4) is 11.5 Å². The minimum atomic E-state index is 0.581. The fourth-order valence-corrected chi connectivity index (χ4v) is 2.24. The van der Waals surface area contributed by atoms with Crippen molar-refractivity contribution >= 4 is 15.9 Å². The van der Waals surface area contributed by atoms with Crippen LogP contribution in [0.3, 0.4) is 0 Å². The topological polar surface area (TPSA) is 31.4 Å². The minimum Gasteiger partial charge on any atom is -0.493 e. The number of benzene rings is 1. The van der Waals surface area contributed by atoms with E-state index in [2.05, 4.69) is 20.9 Å². The Balaban J connectivity index is 2.02. The van der Waals surface area contributed by atoms with Gasteiger partial charge in [0, 0.05) is 29.2 Å². The summed E-state index contributed by atoms with van der Waals surface area (Å²) in [5.41, 5.74) is 2.11. The molecule has 0 N–H and O–H groups in total. The van der Waals surface area contributed by atoms with E-state index in [9.17, 15) is 0 Å².